The zero-order valence-electron chi connectivity index (χ0n) is 18.6. The Kier molecular flexibility index (Phi) is 5.88. The van der Waals surface area contributed by atoms with Gasteiger partial charge < -0.3 is 9.64 Å². The van der Waals surface area contributed by atoms with E-state index in [-0.39, 0.29) is 6.10 Å². The van der Waals surface area contributed by atoms with E-state index in [1.165, 1.54) is 12.8 Å². The van der Waals surface area contributed by atoms with Crippen molar-refractivity contribution in [1.29, 1.82) is 0 Å². The van der Waals surface area contributed by atoms with Crippen LogP contribution in [0.4, 0.5) is 5.95 Å². The van der Waals surface area contributed by atoms with E-state index in [9.17, 15) is 0 Å². The van der Waals surface area contributed by atoms with Crippen molar-refractivity contribution in [2.45, 2.75) is 70.0 Å². The Bertz CT molecular complexity index is 1050. The molecule has 5 heterocycles. The van der Waals surface area contributed by atoms with Crippen LogP contribution in [0.2, 0.25) is 0 Å². The monoisotopic (exact) mass is 441 g/mol. The summed E-state index contributed by atoms with van der Waals surface area (Å²) in [7, 11) is 0. The molecule has 5 rings (SSSR count). The third-order valence-corrected chi connectivity index (χ3v) is 7.33. The second-order valence-electron chi connectivity index (χ2n) is 8.93. The molecular weight excluding hydrogens is 410 g/mol. The van der Waals surface area contributed by atoms with Crippen molar-refractivity contribution in [3.05, 3.63) is 29.3 Å². The highest BCUT2D eigenvalue weighted by Crippen LogP contribution is 2.29. The molecule has 0 aromatic carbocycles. The number of imidazole rings is 1. The number of anilines is 1. The standard InChI is InChI=1S/C22H31N7OS/c1-15-6-8-27(9-7-15)21-25-26-22(29(21)13-19-5-4-10-30-19)31-14-18-12-28-17(3)11-16(2)23-20(28)24-18/h11-12,15,19H,4-10,13-14H2,1-3H3. The average molecular weight is 442 g/mol. The van der Waals surface area contributed by atoms with E-state index in [4.69, 9.17) is 9.72 Å². The van der Waals surface area contributed by atoms with Crippen LogP contribution in [0.3, 0.4) is 0 Å². The Morgan fingerprint density at radius 3 is 2.74 bits per heavy atom. The minimum Gasteiger partial charge on any atom is -0.376 e. The molecule has 2 saturated heterocycles. The average Bonchev–Trinajstić information content (AvgIpc) is 3.48. The molecule has 0 radical (unpaired) electrons. The molecular formula is C22H31N7OS. The molecule has 1 atom stereocenters. The first-order valence-corrected chi connectivity index (χ1v) is 12.3. The SMILES string of the molecule is Cc1cc(C)n2cc(CSc3nnc(N4CCC(C)CC4)n3CC3CCCO3)nc2n1. The quantitative estimate of drug-likeness (QED) is 0.541. The first-order chi connectivity index (χ1) is 15.1. The van der Waals surface area contributed by atoms with Gasteiger partial charge in [-0.3, -0.25) is 8.97 Å². The number of aromatic nitrogens is 6. The van der Waals surface area contributed by atoms with Crippen LogP contribution in [0.5, 0.6) is 0 Å². The summed E-state index contributed by atoms with van der Waals surface area (Å²) in [6.07, 6.45) is 7.00. The lowest BCUT2D eigenvalue weighted by Crippen LogP contribution is -2.35. The number of rotatable bonds is 6. The molecule has 166 valence electrons. The van der Waals surface area contributed by atoms with Crippen LogP contribution in [-0.2, 0) is 17.0 Å². The van der Waals surface area contributed by atoms with Gasteiger partial charge in [-0.25, -0.2) is 9.97 Å². The number of aryl methyl sites for hydroxylation is 2. The third kappa shape index (κ3) is 4.43. The number of thioether (sulfide) groups is 1. The van der Waals surface area contributed by atoms with E-state index < -0.39 is 0 Å². The summed E-state index contributed by atoms with van der Waals surface area (Å²) in [5.74, 6) is 3.28. The van der Waals surface area contributed by atoms with Gasteiger partial charge in [-0.1, -0.05) is 18.7 Å². The Balaban J connectivity index is 1.37. The molecule has 2 fully saturated rings. The van der Waals surface area contributed by atoms with Gasteiger partial charge in [-0.15, -0.1) is 10.2 Å². The highest BCUT2D eigenvalue weighted by atomic mass is 32.2. The van der Waals surface area contributed by atoms with Crippen molar-refractivity contribution in [1.82, 2.24) is 29.1 Å². The van der Waals surface area contributed by atoms with Gasteiger partial charge in [0.2, 0.25) is 11.7 Å². The van der Waals surface area contributed by atoms with Crippen LogP contribution in [0.1, 0.15) is 49.7 Å². The topological polar surface area (TPSA) is 73.4 Å². The molecule has 0 amide bonds. The Hall–Kier alpha value is -2.13. The number of fused-ring (bicyclic) bond motifs is 1. The van der Waals surface area contributed by atoms with Gasteiger partial charge in [-0.2, -0.15) is 0 Å². The number of hydrogen-bond acceptors (Lipinski definition) is 7. The van der Waals surface area contributed by atoms with Crippen LogP contribution in [0.15, 0.2) is 17.4 Å². The van der Waals surface area contributed by atoms with Crippen LogP contribution >= 0.6 is 11.8 Å². The summed E-state index contributed by atoms with van der Waals surface area (Å²) in [5.41, 5.74) is 3.15. The molecule has 0 N–H and O–H groups in total. The van der Waals surface area contributed by atoms with Gasteiger partial charge >= 0.3 is 0 Å². The van der Waals surface area contributed by atoms with Crippen molar-refractivity contribution in [2.75, 3.05) is 24.6 Å². The first-order valence-electron chi connectivity index (χ1n) is 11.3. The van der Waals surface area contributed by atoms with Crippen molar-refractivity contribution in [3.63, 3.8) is 0 Å². The molecule has 9 heteroatoms. The van der Waals surface area contributed by atoms with Gasteiger partial charge in [-0.05, 0) is 51.5 Å². The summed E-state index contributed by atoms with van der Waals surface area (Å²) >= 11 is 1.70. The molecule has 8 nitrogen and oxygen atoms in total. The molecule has 31 heavy (non-hydrogen) atoms. The molecule has 0 bridgehead atoms. The Labute approximate surface area is 187 Å². The lowest BCUT2D eigenvalue weighted by molar-refractivity contribution is 0.0951. The van der Waals surface area contributed by atoms with Crippen LogP contribution < -0.4 is 4.90 Å². The van der Waals surface area contributed by atoms with Crippen LogP contribution in [-0.4, -0.2) is 54.9 Å². The number of piperidine rings is 1. The van der Waals surface area contributed by atoms with Crippen molar-refractivity contribution < 1.29 is 4.74 Å². The molecule has 0 aliphatic carbocycles. The Morgan fingerprint density at radius 1 is 1.13 bits per heavy atom. The van der Waals surface area contributed by atoms with E-state index in [2.05, 4.69) is 55.2 Å². The zero-order valence-corrected chi connectivity index (χ0v) is 19.4. The zero-order chi connectivity index (χ0) is 21.4. The second-order valence-corrected chi connectivity index (χ2v) is 9.87. The molecule has 0 spiro atoms. The van der Waals surface area contributed by atoms with E-state index in [1.54, 1.807) is 11.8 Å². The largest absolute Gasteiger partial charge is 0.376 e. The van der Waals surface area contributed by atoms with E-state index in [0.717, 1.165) is 84.7 Å². The molecule has 3 aromatic heterocycles. The van der Waals surface area contributed by atoms with E-state index >= 15 is 0 Å². The normalized spacial score (nSPS) is 20.2. The third-order valence-electron chi connectivity index (χ3n) is 6.33. The molecule has 3 aromatic rings. The predicted molar refractivity (Wildman–Crippen MR) is 122 cm³/mol. The molecule has 0 saturated carbocycles. The summed E-state index contributed by atoms with van der Waals surface area (Å²) < 4.78 is 10.3. The first kappa shape index (κ1) is 20.8. The fourth-order valence-electron chi connectivity index (χ4n) is 4.51. The van der Waals surface area contributed by atoms with Crippen LogP contribution in [0.25, 0.3) is 5.78 Å². The maximum Gasteiger partial charge on any atom is 0.234 e. The van der Waals surface area contributed by atoms with Crippen LogP contribution in [0, 0.1) is 19.8 Å². The van der Waals surface area contributed by atoms with Crippen molar-refractivity contribution in [3.8, 4) is 0 Å². The van der Waals surface area contributed by atoms with Gasteiger partial charge in [0.05, 0.1) is 18.3 Å². The lowest BCUT2D eigenvalue weighted by Gasteiger charge is -2.31. The van der Waals surface area contributed by atoms with E-state index in [0.29, 0.717) is 0 Å². The fraction of sp³-hybridized carbons (Fsp3) is 0.636. The number of ether oxygens (including phenoxy) is 1. The molecule has 2 aliphatic heterocycles. The highest BCUT2D eigenvalue weighted by molar-refractivity contribution is 7.98. The fourth-order valence-corrected chi connectivity index (χ4v) is 5.33. The Morgan fingerprint density at radius 2 is 1.97 bits per heavy atom. The maximum atomic E-state index is 5.94. The van der Waals surface area contributed by atoms with Gasteiger partial charge in [0.1, 0.15) is 0 Å². The smallest absolute Gasteiger partial charge is 0.234 e. The minimum atomic E-state index is 0.253. The minimum absolute atomic E-state index is 0.253. The number of nitrogens with zero attached hydrogens (tertiary/aromatic N) is 7. The van der Waals surface area contributed by atoms with Crippen molar-refractivity contribution >= 4 is 23.5 Å². The summed E-state index contributed by atoms with van der Waals surface area (Å²) in [5, 5.41) is 10.1. The summed E-state index contributed by atoms with van der Waals surface area (Å²) in [4.78, 5) is 11.7. The second kappa shape index (κ2) is 8.78. The molecule has 1 unspecified atom stereocenters. The van der Waals surface area contributed by atoms with Gasteiger partial charge in [0.25, 0.3) is 0 Å². The molecule has 2 aliphatic rings. The highest BCUT2D eigenvalue weighted by Gasteiger charge is 2.26. The summed E-state index contributed by atoms with van der Waals surface area (Å²) in [6.45, 7) is 10.2. The van der Waals surface area contributed by atoms with E-state index in [1.807, 2.05) is 6.92 Å². The summed E-state index contributed by atoms with van der Waals surface area (Å²) in [6, 6.07) is 2.08. The van der Waals surface area contributed by atoms with Gasteiger partial charge in [0.15, 0.2) is 5.16 Å². The van der Waals surface area contributed by atoms with Gasteiger partial charge in [0, 0.05) is 43.0 Å². The predicted octanol–water partition coefficient (Wildman–Crippen LogP) is 3.65. The lowest BCUT2D eigenvalue weighted by atomic mass is 10.00. The maximum absolute atomic E-state index is 5.94. The number of hydrogen-bond donors (Lipinski definition) is 0. The van der Waals surface area contributed by atoms with Crippen molar-refractivity contribution in [2.24, 2.45) is 5.92 Å².